The van der Waals surface area contributed by atoms with Crippen LogP contribution in [-0.2, 0) is 19.2 Å². The first-order valence-corrected chi connectivity index (χ1v) is 10.2. The monoisotopic (exact) mass is 461 g/mol. The van der Waals surface area contributed by atoms with Gasteiger partial charge in [0.2, 0.25) is 0 Å². The van der Waals surface area contributed by atoms with Crippen LogP contribution in [0.1, 0.15) is 34.9 Å². The number of benzene rings is 2. The van der Waals surface area contributed by atoms with Gasteiger partial charge in [-0.2, -0.15) is 17.5 Å². The van der Waals surface area contributed by atoms with Crippen molar-refractivity contribution in [2.75, 3.05) is 0 Å². The average Bonchev–Trinajstić information content (AvgIpc) is 3.10. The summed E-state index contributed by atoms with van der Waals surface area (Å²) >= 11 is 5.89. The normalized spacial score (nSPS) is 11.7. The molecular weight excluding hydrogens is 445 g/mol. The van der Waals surface area contributed by atoms with E-state index in [1.165, 1.54) is 24.3 Å². The zero-order valence-corrected chi connectivity index (χ0v) is 17.6. The van der Waals surface area contributed by atoms with E-state index in [-0.39, 0.29) is 39.1 Å². The van der Waals surface area contributed by atoms with Crippen LogP contribution in [0.25, 0.3) is 11.3 Å². The highest BCUT2D eigenvalue weighted by atomic mass is 35.5. The van der Waals surface area contributed by atoms with Gasteiger partial charge in [0.25, 0.3) is 0 Å². The maximum absolute atomic E-state index is 14.4. The van der Waals surface area contributed by atoms with Crippen LogP contribution in [0.5, 0.6) is 5.75 Å². The van der Waals surface area contributed by atoms with E-state index in [0.29, 0.717) is 6.42 Å². The maximum atomic E-state index is 14.4. The lowest BCUT2D eigenvalue weighted by atomic mass is 10.0. The topological polar surface area (TPSA) is 22.1 Å². The Bertz CT molecular complexity index is 1060. The minimum atomic E-state index is -4.68. The van der Waals surface area contributed by atoms with Crippen LogP contribution < -0.4 is 4.74 Å². The van der Waals surface area contributed by atoms with Crippen LogP contribution in [-0.4, -0.2) is 4.37 Å². The lowest BCUT2D eigenvalue weighted by molar-refractivity contribution is -0.135. The SMILES string of the molecule is CCCc1cc(F)c(OCc2c(-c3ccc(Cl)c(F)c3)nsc2C(F)(F)F)cc1C. The molecule has 3 aromatic rings. The predicted molar refractivity (Wildman–Crippen MR) is 107 cm³/mol. The summed E-state index contributed by atoms with van der Waals surface area (Å²) in [7, 11) is 0. The van der Waals surface area contributed by atoms with Crippen LogP contribution in [0.15, 0.2) is 30.3 Å². The molecule has 2 aromatic carbocycles. The summed E-state index contributed by atoms with van der Waals surface area (Å²) in [5.41, 5.74) is 1.35. The van der Waals surface area contributed by atoms with Gasteiger partial charge in [0.05, 0.1) is 10.7 Å². The highest BCUT2D eigenvalue weighted by Gasteiger charge is 2.38. The van der Waals surface area contributed by atoms with Crippen molar-refractivity contribution in [3.8, 4) is 17.0 Å². The van der Waals surface area contributed by atoms with Gasteiger partial charge in [0.1, 0.15) is 17.3 Å². The molecule has 0 bridgehead atoms. The van der Waals surface area contributed by atoms with E-state index in [1.54, 1.807) is 6.92 Å². The van der Waals surface area contributed by atoms with Gasteiger partial charge >= 0.3 is 6.18 Å². The Kier molecular flexibility index (Phi) is 6.67. The fraction of sp³-hybridized carbons (Fsp3) is 0.286. The standard InChI is InChI=1S/C21H17ClF5NOS/c1-3-4-12-8-17(24)18(7-11(12)2)29-10-14-19(28-30-20(14)21(25,26)27)13-5-6-15(22)16(23)9-13/h5-9H,3-4,10H2,1-2H3. The van der Waals surface area contributed by atoms with Crippen molar-refractivity contribution in [3.05, 3.63) is 68.6 Å². The van der Waals surface area contributed by atoms with Crippen LogP contribution in [0, 0.1) is 18.6 Å². The van der Waals surface area contributed by atoms with E-state index in [2.05, 4.69) is 4.37 Å². The van der Waals surface area contributed by atoms with Gasteiger partial charge in [0.15, 0.2) is 11.6 Å². The smallest absolute Gasteiger partial charge is 0.427 e. The number of alkyl halides is 3. The minimum absolute atomic E-state index is 0.0809. The minimum Gasteiger partial charge on any atom is -0.486 e. The Labute approximate surface area is 179 Å². The molecule has 0 aliphatic carbocycles. The fourth-order valence-electron chi connectivity index (χ4n) is 3.03. The second kappa shape index (κ2) is 8.89. The molecule has 0 fully saturated rings. The second-order valence-electron chi connectivity index (χ2n) is 6.71. The van der Waals surface area contributed by atoms with Crippen molar-refractivity contribution in [2.24, 2.45) is 0 Å². The highest BCUT2D eigenvalue weighted by molar-refractivity contribution is 7.06. The Morgan fingerprint density at radius 3 is 2.47 bits per heavy atom. The Morgan fingerprint density at radius 1 is 1.10 bits per heavy atom. The van der Waals surface area contributed by atoms with Crippen LogP contribution in [0.4, 0.5) is 22.0 Å². The number of rotatable bonds is 6. The molecule has 0 saturated carbocycles. The molecule has 0 amide bonds. The van der Waals surface area contributed by atoms with Gasteiger partial charge in [-0.25, -0.2) is 8.78 Å². The zero-order valence-electron chi connectivity index (χ0n) is 16.0. The summed E-state index contributed by atoms with van der Waals surface area (Å²) in [5.74, 6) is -1.59. The molecule has 0 N–H and O–H groups in total. The molecule has 0 radical (unpaired) electrons. The van der Waals surface area contributed by atoms with Crippen molar-refractivity contribution < 1.29 is 26.7 Å². The first-order valence-electron chi connectivity index (χ1n) is 9.04. The van der Waals surface area contributed by atoms with Crippen molar-refractivity contribution in [1.29, 1.82) is 0 Å². The van der Waals surface area contributed by atoms with Crippen LogP contribution in [0.3, 0.4) is 0 Å². The van der Waals surface area contributed by atoms with Crippen molar-refractivity contribution >= 4 is 23.1 Å². The van der Waals surface area contributed by atoms with Crippen molar-refractivity contribution in [1.82, 2.24) is 4.37 Å². The molecule has 0 spiro atoms. The molecule has 1 aromatic heterocycles. The zero-order chi connectivity index (χ0) is 22.1. The third-order valence-corrected chi connectivity index (χ3v) is 5.76. The molecule has 160 valence electrons. The molecule has 0 saturated heterocycles. The van der Waals surface area contributed by atoms with Crippen molar-refractivity contribution in [3.63, 3.8) is 0 Å². The van der Waals surface area contributed by atoms with E-state index in [4.69, 9.17) is 16.3 Å². The predicted octanol–water partition coefficient (Wildman–Crippen LogP) is 7.60. The number of aryl methyl sites for hydroxylation is 2. The highest BCUT2D eigenvalue weighted by Crippen LogP contribution is 2.40. The van der Waals surface area contributed by atoms with Gasteiger partial charge in [-0.3, -0.25) is 0 Å². The first-order chi connectivity index (χ1) is 14.1. The van der Waals surface area contributed by atoms with E-state index >= 15 is 0 Å². The summed E-state index contributed by atoms with van der Waals surface area (Å²) < 4.78 is 77.9. The number of nitrogens with zero attached hydrogens (tertiary/aromatic N) is 1. The average molecular weight is 462 g/mol. The van der Waals surface area contributed by atoms with Crippen LogP contribution in [0.2, 0.25) is 5.02 Å². The van der Waals surface area contributed by atoms with Gasteiger partial charge in [-0.15, -0.1) is 0 Å². The summed E-state index contributed by atoms with van der Waals surface area (Å²) in [6.45, 7) is 3.17. The number of aromatic nitrogens is 1. The number of hydrogen-bond donors (Lipinski definition) is 0. The molecule has 0 unspecified atom stereocenters. The fourth-order valence-corrected chi connectivity index (χ4v) is 3.92. The van der Waals surface area contributed by atoms with Crippen LogP contribution >= 0.6 is 23.1 Å². The number of halogens is 6. The summed E-state index contributed by atoms with van der Waals surface area (Å²) in [4.78, 5) is -0.979. The molecule has 1 heterocycles. The second-order valence-corrected chi connectivity index (χ2v) is 7.89. The molecule has 9 heteroatoms. The lowest BCUT2D eigenvalue weighted by Crippen LogP contribution is -2.09. The van der Waals surface area contributed by atoms with E-state index in [0.717, 1.165) is 23.6 Å². The van der Waals surface area contributed by atoms with E-state index in [1.807, 2.05) is 6.92 Å². The van der Waals surface area contributed by atoms with Gasteiger partial charge in [0, 0.05) is 11.1 Å². The summed E-state index contributed by atoms with van der Waals surface area (Å²) in [6, 6.07) is 6.41. The first kappa shape index (κ1) is 22.5. The molecule has 2 nitrogen and oxygen atoms in total. The Morgan fingerprint density at radius 2 is 1.83 bits per heavy atom. The largest absolute Gasteiger partial charge is 0.486 e. The third kappa shape index (κ3) is 4.75. The molecule has 30 heavy (non-hydrogen) atoms. The van der Waals surface area contributed by atoms with Gasteiger partial charge < -0.3 is 4.74 Å². The number of ether oxygens (including phenoxy) is 1. The Hall–Kier alpha value is -2.19. The number of hydrogen-bond acceptors (Lipinski definition) is 3. The molecule has 3 rings (SSSR count). The molecular formula is C21H17ClF5NOS. The third-order valence-electron chi connectivity index (χ3n) is 4.52. The quantitative estimate of drug-likeness (QED) is 0.352. The van der Waals surface area contributed by atoms with E-state index in [9.17, 15) is 22.0 Å². The summed E-state index contributed by atoms with van der Waals surface area (Å²) in [6.07, 6.45) is -3.17. The lowest BCUT2D eigenvalue weighted by Gasteiger charge is -2.13. The van der Waals surface area contributed by atoms with Gasteiger partial charge in [-0.05, 0) is 60.3 Å². The van der Waals surface area contributed by atoms with E-state index < -0.39 is 29.3 Å². The Balaban J connectivity index is 1.98. The maximum Gasteiger partial charge on any atom is 0.427 e. The molecule has 0 aliphatic rings. The molecule has 0 atom stereocenters. The van der Waals surface area contributed by atoms with Crippen molar-refractivity contribution in [2.45, 2.75) is 39.5 Å². The van der Waals surface area contributed by atoms with Gasteiger partial charge in [-0.1, -0.05) is 31.0 Å². The summed E-state index contributed by atoms with van der Waals surface area (Å²) in [5, 5.41) is -0.160. The molecule has 0 aliphatic heterocycles.